The molecular weight excluding hydrogens is 358 g/mol. The van der Waals surface area contributed by atoms with Gasteiger partial charge in [-0.25, -0.2) is 4.79 Å². The van der Waals surface area contributed by atoms with Gasteiger partial charge in [-0.2, -0.15) is 0 Å². The predicted octanol–water partition coefficient (Wildman–Crippen LogP) is -0.623. The van der Waals surface area contributed by atoms with Crippen molar-refractivity contribution in [3.05, 3.63) is 12.2 Å². The van der Waals surface area contributed by atoms with E-state index in [9.17, 15) is 29.1 Å². The van der Waals surface area contributed by atoms with Gasteiger partial charge in [-0.05, 0) is 12.8 Å². The van der Waals surface area contributed by atoms with Crippen molar-refractivity contribution in [2.75, 3.05) is 13.1 Å². The number of carbonyl (C=O) groups is 5. The van der Waals surface area contributed by atoms with Crippen molar-refractivity contribution in [2.24, 2.45) is 0 Å². The van der Waals surface area contributed by atoms with E-state index in [0.717, 1.165) is 4.90 Å². The smallest absolute Gasteiger partial charge is 0.332 e. The highest BCUT2D eigenvalue weighted by atomic mass is 16.7. The van der Waals surface area contributed by atoms with Crippen LogP contribution in [0.25, 0.3) is 0 Å². The first-order chi connectivity index (χ1) is 12.9. The van der Waals surface area contributed by atoms with Gasteiger partial charge in [-0.1, -0.05) is 6.42 Å². The van der Waals surface area contributed by atoms with Crippen LogP contribution in [0.1, 0.15) is 44.9 Å². The minimum atomic E-state index is -1.07. The first kappa shape index (κ1) is 20.6. The minimum absolute atomic E-state index is 0.0394. The largest absolute Gasteiger partial charge is 0.370 e. The van der Waals surface area contributed by atoms with Gasteiger partial charge in [0.25, 0.3) is 17.7 Å². The Morgan fingerprint density at radius 1 is 1.11 bits per heavy atom. The molecule has 10 nitrogen and oxygen atoms in total. The second-order valence-corrected chi connectivity index (χ2v) is 6.27. The number of nitrogens with one attached hydrogen (secondary N) is 1. The lowest BCUT2D eigenvalue weighted by Gasteiger charge is -2.18. The highest BCUT2D eigenvalue weighted by Gasteiger charge is 2.32. The van der Waals surface area contributed by atoms with Crippen molar-refractivity contribution in [2.45, 2.75) is 51.2 Å². The van der Waals surface area contributed by atoms with Crippen molar-refractivity contribution in [1.29, 1.82) is 0 Å². The number of carbonyl (C=O) groups excluding carboxylic acids is 5. The lowest BCUT2D eigenvalue weighted by Crippen LogP contribution is -2.35. The molecule has 148 valence electrons. The van der Waals surface area contributed by atoms with Gasteiger partial charge in [0.15, 0.2) is 6.23 Å². The van der Waals surface area contributed by atoms with E-state index < -0.39 is 29.9 Å². The summed E-state index contributed by atoms with van der Waals surface area (Å²) in [6.45, 7) is 0.459. The fraction of sp³-hybridized carbons (Fsp3) is 0.588. The first-order valence-corrected chi connectivity index (χ1v) is 8.89. The van der Waals surface area contributed by atoms with E-state index in [-0.39, 0.29) is 38.1 Å². The second kappa shape index (κ2) is 9.81. The predicted molar refractivity (Wildman–Crippen MR) is 90.1 cm³/mol. The highest BCUT2D eigenvalue weighted by Crippen LogP contribution is 2.17. The topological polar surface area (TPSA) is 133 Å². The monoisotopic (exact) mass is 381 g/mol. The maximum atomic E-state index is 11.7. The maximum absolute atomic E-state index is 11.7. The van der Waals surface area contributed by atoms with Gasteiger partial charge in [0.05, 0.1) is 0 Å². The molecule has 0 spiro atoms. The molecule has 0 aromatic rings. The van der Waals surface area contributed by atoms with Gasteiger partial charge in [0.1, 0.15) is 0 Å². The van der Waals surface area contributed by atoms with Gasteiger partial charge < -0.3 is 15.3 Å². The summed E-state index contributed by atoms with van der Waals surface area (Å²) in [4.78, 5) is 63.2. The number of hydroxylamine groups is 2. The Hall–Kier alpha value is -2.75. The molecule has 2 rings (SSSR count). The van der Waals surface area contributed by atoms with E-state index >= 15 is 0 Å². The number of rotatable bonds is 10. The Kier molecular flexibility index (Phi) is 7.47. The fourth-order valence-electron chi connectivity index (χ4n) is 2.67. The van der Waals surface area contributed by atoms with Gasteiger partial charge in [-0.15, -0.1) is 5.06 Å². The number of hydrogen-bond donors (Lipinski definition) is 2. The van der Waals surface area contributed by atoms with Crippen LogP contribution in [0, 0.1) is 0 Å². The van der Waals surface area contributed by atoms with E-state index in [1.54, 1.807) is 0 Å². The summed E-state index contributed by atoms with van der Waals surface area (Å²) in [6.07, 6.45) is 3.67. The quantitative estimate of drug-likeness (QED) is 0.380. The van der Waals surface area contributed by atoms with Crippen molar-refractivity contribution >= 4 is 29.6 Å². The van der Waals surface area contributed by atoms with Crippen LogP contribution in [-0.4, -0.2) is 64.0 Å². The SMILES string of the molecule is O=C(CCN1C(=O)C=CC1=O)NCCCCCC(=O)ON1C(=O)CCC1O. The summed E-state index contributed by atoms with van der Waals surface area (Å²) in [5, 5.41) is 12.9. The Morgan fingerprint density at radius 2 is 1.81 bits per heavy atom. The van der Waals surface area contributed by atoms with Gasteiger partial charge in [-0.3, -0.25) is 24.1 Å². The van der Waals surface area contributed by atoms with Crippen LogP contribution in [0.5, 0.6) is 0 Å². The molecule has 0 aliphatic carbocycles. The lowest BCUT2D eigenvalue weighted by molar-refractivity contribution is -0.220. The summed E-state index contributed by atoms with van der Waals surface area (Å²) in [5.74, 6) is -2.08. The van der Waals surface area contributed by atoms with Crippen LogP contribution in [0.4, 0.5) is 0 Å². The first-order valence-electron chi connectivity index (χ1n) is 8.89. The molecule has 2 aliphatic heterocycles. The number of imide groups is 1. The molecule has 2 heterocycles. The molecular formula is C17H23N3O7. The molecule has 0 saturated carbocycles. The van der Waals surface area contributed by atoms with Crippen LogP contribution in [0.15, 0.2) is 12.2 Å². The summed E-state index contributed by atoms with van der Waals surface area (Å²) < 4.78 is 0. The zero-order valence-corrected chi connectivity index (χ0v) is 14.9. The van der Waals surface area contributed by atoms with E-state index in [2.05, 4.69) is 5.32 Å². The Labute approximate surface area is 156 Å². The summed E-state index contributed by atoms with van der Waals surface area (Å²) in [6, 6.07) is 0. The van der Waals surface area contributed by atoms with Crippen molar-refractivity contribution in [3.8, 4) is 0 Å². The average Bonchev–Trinajstić information content (AvgIpc) is 3.12. The van der Waals surface area contributed by atoms with E-state index in [1.807, 2.05) is 0 Å². The third-order valence-corrected chi connectivity index (χ3v) is 4.18. The molecule has 10 heteroatoms. The van der Waals surface area contributed by atoms with Crippen LogP contribution in [0.2, 0.25) is 0 Å². The second-order valence-electron chi connectivity index (χ2n) is 6.27. The number of nitrogens with zero attached hydrogens (tertiary/aromatic N) is 2. The molecule has 1 saturated heterocycles. The molecule has 0 aromatic heterocycles. The molecule has 0 bridgehead atoms. The highest BCUT2D eigenvalue weighted by molar-refractivity contribution is 6.13. The van der Waals surface area contributed by atoms with Gasteiger partial charge in [0, 0.05) is 50.9 Å². The summed E-state index contributed by atoms with van der Waals surface area (Å²) in [5.41, 5.74) is 0. The number of aliphatic hydroxyl groups is 1. The van der Waals surface area contributed by atoms with E-state index in [0.29, 0.717) is 30.9 Å². The van der Waals surface area contributed by atoms with Crippen molar-refractivity contribution in [3.63, 3.8) is 0 Å². The third kappa shape index (κ3) is 6.17. The van der Waals surface area contributed by atoms with Crippen LogP contribution >= 0.6 is 0 Å². The zero-order valence-electron chi connectivity index (χ0n) is 14.9. The molecule has 1 unspecified atom stereocenters. The molecule has 27 heavy (non-hydrogen) atoms. The molecule has 0 aromatic carbocycles. The van der Waals surface area contributed by atoms with E-state index in [4.69, 9.17) is 4.84 Å². The van der Waals surface area contributed by atoms with Gasteiger partial charge >= 0.3 is 5.97 Å². The molecule has 2 N–H and O–H groups in total. The van der Waals surface area contributed by atoms with Crippen LogP contribution < -0.4 is 5.32 Å². The normalized spacial score (nSPS) is 19.1. The van der Waals surface area contributed by atoms with Gasteiger partial charge in [0.2, 0.25) is 5.91 Å². The standard InChI is InChI=1S/C17H23N3O7/c21-12(9-11-19-13(22)5-6-14(19)23)18-10-3-1-2-4-17(26)27-20-15(24)7-8-16(20)25/h5-6,15,24H,1-4,7-11H2,(H,18,21). The van der Waals surface area contributed by atoms with Crippen LogP contribution in [-0.2, 0) is 28.8 Å². The molecule has 4 amide bonds. The Morgan fingerprint density at radius 3 is 2.44 bits per heavy atom. The maximum Gasteiger partial charge on any atom is 0.332 e. The minimum Gasteiger partial charge on any atom is -0.370 e. The number of unbranched alkanes of at least 4 members (excludes halogenated alkanes) is 2. The fourth-order valence-corrected chi connectivity index (χ4v) is 2.67. The Bertz CT molecular complexity index is 628. The third-order valence-electron chi connectivity index (χ3n) is 4.18. The molecule has 0 radical (unpaired) electrons. The van der Waals surface area contributed by atoms with Crippen LogP contribution in [0.3, 0.4) is 0 Å². The van der Waals surface area contributed by atoms with Crippen molar-refractivity contribution < 1.29 is 33.9 Å². The number of amides is 4. The lowest BCUT2D eigenvalue weighted by atomic mass is 10.2. The average molecular weight is 381 g/mol. The molecule has 1 atom stereocenters. The molecule has 2 aliphatic rings. The summed E-state index contributed by atoms with van der Waals surface area (Å²) in [7, 11) is 0. The molecule has 1 fully saturated rings. The Balaban J connectivity index is 1.49. The number of aliphatic hydroxyl groups excluding tert-OH is 1. The van der Waals surface area contributed by atoms with E-state index in [1.165, 1.54) is 12.2 Å². The zero-order chi connectivity index (χ0) is 19.8. The number of hydrogen-bond acceptors (Lipinski definition) is 7. The summed E-state index contributed by atoms with van der Waals surface area (Å²) >= 11 is 0. The van der Waals surface area contributed by atoms with Crippen molar-refractivity contribution in [1.82, 2.24) is 15.3 Å².